The van der Waals surface area contributed by atoms with Crippen molar-refractivity contribution in [3.8, 4) is 0 Å². The van der Waals surface area contributed by atoms with Crippen LogP contribution in [0.3, 0.4) is 0 Å². The summed E-state index contributed by atoms with van der Waals surface area (Å²) in [7, 11) is 0. The molecular weight excluding hydrogens is 228 g/mol. The van der Waals surface area contributed by atoms with E-state index in [0.717, 1.165) is 25.6 Å². The molecule has 0 amide bonds. The van der Waals surface area contributed by atoms with E-state index >= 15 is 0 Å². The van der Waals surface area contributed by atoms with Crippen LogP contribution < -0.4 is 5.32 Å². The van der Waals surface area contributed by atoms with E-state index in [9.17, 15) is 0 Å². The Balaban J connectivity index is 1.77. The number of nitrogens with one attached hydrogen (secondary N) is 1. The zero-order valence-corrected chi connectivity index (χ0v) is 11.9. The van der Waals surface area contributed by atoms with Crippen LogP contribution in [0, 0.1) is 5.92 Å². The minimum absolute atomic E-state index is 0.889. The van der Waals surface area contributed by atoms with Crippen molar-refractivity contribution < 1.29 is 0 Å². The summed E-state index contributed by atoms with van der Waals surface area (Å²) >= 11 is 1.97. The second-order valence-corrected chi connectivity index (χ2v) is 6.43. The van der Waals surface area contributed by atoms with E-state index in [2.05, 4.69) is 36.2 Å². The van der Waals surface area contributed by atoms with Crippen molar-refractivity contribution in [1.82, 2.24) is 10.2 Å². The molecule has 1 aliphatic heterocycles. The van der Waals surface area contributed by atoms with Gasteiger partial charge < -0.3 is 5.32 Å². The fourth-order valence-corrected chi connectivity index (χ4v) is 3.41. The molecule has 1 N–H and O–H groups in total. The first-order valence-corrected chi connectivity index (χ1v) is 7.60. The first-order valence-electron chi connectivity index (χ1n) is 6.78. The Labute approximate surface area is 109 Å². The van der Waals surface area contributed by atoms with Gasteiger partial charge in [0.1, 0.15) is 0 Å². The minimum atomic E-state index is 0.889. The van der Waals surface area contributed by atoms with Crippen LogP contribution in [0.2, 0.25) is 0 Å². The molecule has 0 aromatic carbocycles. The molecule has 0 bridgehead atoms. The SMILES string of the molecule is CCCNCc1ccc(CN2CCC(C)C2)s1. The van der Waals surface area contributed by atoms with Crippen molar-refractivity contribution in [3.05, 3.63) is 21.9 Å². The van der Waals surface area contributed by atoms with Gasteiger partial charge in [-0.05, 0) is 44.0 Å². The molecule has 0 saturated carbocycles. The van der Waals surface area contributed by atoms with Crippen molar-refractivity contribution in [2.75, 3.05) is 19.6 Å². The maximum absolute atomic E-state index is 3.46. The average Bonchev–Trinajstić information content (AvgIpc) is 2.90. The summed E-state index contributed by atoms with van der Waals surface area (Å²) in [6.07, 6.45) is 2.58. The number of thiophene rings is 1. The van der Waals surface area contributed by atoms with E-state index in [1.54, 1.807) is 0 Å². The Morgan fingerprint density at radius 1 is 1.41 bits per heavy atom. The third-order valence-corrected chi connectivity index (χ3v) is 4.40. The molecule has 1 aromatic heterocycles. The van der Waals surface area contributed by atoms with E-state index in [4.69, 9.17) is 0 Å². The van der Waals surface area contributed by atoms with Gasteiger partial charge >= 0.3 is 0 Å². The van der Waals surface area contributed by atoms with Crippen LogP contribution in [0.15, 0.2) is 12.1 Å². The second kappa shape index (κ2) is 6.53. The molecule has 1 fully saturated rings. The highest BCUT2D eigenvalue weighted by atomic mass is 32.1. The van der Waals surface area contributed by atoms with Gasteiger partial charge in [0.2, 0.25) is 0 Å². The first-order chi connectivity index (χ1) is 8.28. The van der Waals surface area contributed by atoms with E-state index in [-0.39, 0.29) is 0 Å². The molecule has 1 atom stereocenters. The summed E-state index contributed by atoms with van der Waals surface area (Å²) in [5.41, 5.74) is 0. The minimum Gasteiger partial charge on any atom is -0.312 e. The Hall–Kier alpha value is -0.380. The van der Waals surface area contributed by atoms with Crippen LogP contribution in [-0.2, 0) is 13.1 Å². The maximum Gasteiger partial charge on any atom is 0.0328 e. The Morgan fingerprint density at radius 3 is 2.94 bits per heavy atom. The third-order valence-electron chi connectivity index (χ3n) is 3.33. The monoisotopic (exact) mass is 252 g/mol. The number of nitrogens with zero attached hydrogens (tertiary/aromatic N) is 1. The molecule has 0 aliphatic carbocycles. The highest BCUT2D eigenvalue weighted by Gasteiger charge is 2.18. The predicted octanol–water partition coefficient (Wildman–Crippen LogP) is 3.09. The van der Waals surface area contributed by atoms with Crippen LogP contribution >= 0.6 is 11.3 Å². The summed E-state index contributed by atoms with van der Waals surface area (Å²) in [6, 6.07) is 4.58. The van der Waals surface area contributed by atoms with Gasteiger partial charge in [0.25, 0.3) is 0 Å². The molecule has 1 aromatic rings. The highest BCUT2D eigenvalue weighted by molar-refractivity contribution is 7.11. The summed E-state index contributed by atoms with van der Waals surface area (Å²) in [4.78, 5) is 5.58. The van der Waals surface area contributed by atoms with Crippen molar-refractivity contribution in [2.45, 2.75) is 39.8 Å². The summed E-state index contributed by atoms with van der Waals surface area (Å²) in [5, 5.41) is 3.46. The fraction of sp³-hybridized carbons (Fsp3) is 0.714. The number of hydrogen-bond acceptors (Lipinski definition) is 3. The molecule has 17 heavy (non-hydrogen) atoms. The molecule has 1 unspecified atom stereocenters. The van der Waals surface area contributed by atoms with Crippen LogP contribution in [0.25, 0.3) is 0 Å². The largest absolute Gasteiger partial charge is 0.312 e. The molecule has 96 valence electrons. The molecule has 3 heteroatoms. The van der Waals surface area contributed by atoms with Crippen LogP contribution in [0.4, 0.5) is 0 Å². The van der Waals surface area contributed by atoms with Crippen LogP contribution in [-0.4, -0.2) is 24.5 Å². The zero-order valence-electron chi connectivity index (χ0n) is 11.0. The molecule has 0 radical (unpaired) electrons. The van der Waals surface area contributed by atoms with Gasteiger partial charge in [-0.1, -0.05) is 13.8 Å². The topological polar surface area (TPSA) is 15.3 Å². The third kappa shape index (κ3) is 4.09. The van der Waals surface area contributed by atoms with Crippen molar-refractivity contribution >= 4 is 11.3 Å². The lowest BCUT2D eigenvalue weighted by Crippen LogP contribution is -2.18. The molecule has 2 heterocycles. The summed E-state index contributed by atoms with van der Waals surface area (Å²) < 4.78 is 0. The van der Waals surface area contributed by atoms with Crippen molar-refractivity contribution in [3.63, 3.8) is 0 Å². The number of likely N-dealkylation sites (tertiary alicyclic amines) is 1. The molecule has 1 saturated heterocycles. The first kappa shape index (κ1) is 13.1. The molecule has 0 spiro atoms. The maximum atomic E-state index is 3.46. The van der Waals surface area contributed by atoms with E-state index in [1.807, 2.05) is 11.3 Å². The predicted molar refractivity (Wildman–Crippen MR) is 75.4 cm³/mol. The molecule has 2 nitrogen and oxygen atoms in total. The van der Waals surface area contributed by atoms with Gasteiger partial charge in [0.15, 0.2) is 0 Å². The lowest BCUT2D eigenvalue weighted by Gasteiger charge is -2.13. The average molecular weight is 252 g/mol. The Morgan fingerprint density at radius 2 is 2.24 bits per heavy atom. The van der Waals surface area contributed by atoms with Gasteiger partial charge in [-0.25, -0.2) is 0 Å². The van der Waals surface area contributed by atoms with Crippen LogP contribution in [0.1, 0.15) is 36.4 Å². The molecular formula is C14H24N2S. The fourth-order valence-electron chi connectivity index (χ4n) is 2.38. The van der Waals surface area contributed by atoms with E-state index in [1.165, 1.54) is 35.7 Å². The van der Waals surface area contributed by atoms with Crippen molar-refractivity contribution in [1.29, 1.82) is 0 Å². The van der Waals surface area contributed by atoms with Crippen LogP contribution in [0.5, 0.6) is 0 Å². The standard InChI is InChI=1S/C14H24N2S/c1-3-7-15-9-13-4-5-14(17-13)11-16-8-6-12(2)10-16/h4-5,12,15H,3,6-11H2,1-2H3. The Bertz CT molecular complexity index is 335. The summed E-state index contributed by atoms with van der Waals surface area (Å²) in [5.74, 6) is 0.889. The van der Waals surface area contributed by atoms with E-state index < -0.39 is 0 Å². The number of rotatable bonds is 6. The van der Waals surface area contributed by atoms with E-state index in [0.29, 0.717) is 0 Å². The van der Waals surface area contributed by atoms with Gasteiger partial charge in [0.05, 0.1) is 0 Å². The van der Waals surface area contributed by atoms with Gasteiger partial charge in [0, 0.05) is 29.4 Å². The second-order valence-electron chi connectivity index (χ2n) is 5.17. The Kier molecular flexibility index (Phi) is 5.01. The summed E-state index contributed by atoms with van der Waals surface area (Å²) in [6.45, 7) is 10.4. The van der Waals surface area contributed by atoms with Crippen molar-refractivity contribution in [2.24, 2.45) is 5.92 Å². The van der Waals surface area contributed by atoms with Gasteiger partial charge in [-0.3, -0.25) is 4.90 Å². The lowest BCUT2D eigenvalue weighted by atomic mass is 10.2. The molecule has 1 aliphatic rings. The highest BCUT2D eigenvalue weighted by Crippen LogP contribution is 2.22. The normalized spacial score (nSPS) is 21.2. The molecule has 2 rings (SSSR count). The quantitative estimate of drug-likeness (QED) is 0.783. The van der Waals surface area contributed by atoms with Gasteiger partial charge in [-0.15, -0.1) is 11.3 Å². The zero-order chi connectivity index (χ0) is 12.1. The smallest absolute Gasteiger partial charge is 0.0328 e. The lowest BCUT2D eigenvalue weighted by molar-refractivity contribution is 0.323. The van der Waals surface area contributed by atoms with Gasteiger partial charge in [-0.2, -0.15) is 0 Å². The number of hydrogen-bond donors (Lipinski definition) is 1.